The molecule has 0 aromatic carbocycles. The van der Waals surface area contributed by atoms with Crippen LogP contribution in [0.3, 0.4) is 0 Å². The molecule has 26 heavy (non-hydrogen) atoms. The maximum atomic E-state index is 14.5. The summed E-state index contributed by atoms with van der Waals surface area (Å²) in [6.07, 6.45) is -0.280. The monoisotopic (exact) mass is 390 g/mol. The number of halogens is 3. The third kappa shape index (κ3) is 4.22. The van der Waals surface area contributed by atoms with Gasteiger partial charge in [-0.2, -0.15) is 0 Å². The Hall–Kier alpha value is -2.40. The van der Waals surface area contributed by atoms with Gasteiger partial charge in [0.25, 0.3) is 12.3 Å². The van der Waals surface area contributed by atoms with Gasteiger partial charge in [0.15, 0.2) is 5.82 Å². The van der Waals surface area contributed by atoms with E-state index in [1.807, 2.05) is 0 Å². The van der Waals surface area contributed by atoms with Crippen molar-refractivity contribution in [3.8, 4) is 0 Å². The van der Waals surface area contributed by atoms with E-state index in [1.165, 1.54) is 13.1 Å². The van der Waals surface area contributed by atoms with Crippen LogP contribution in [-0.2, 0) is 17.1 Å². The number of anilines is 1. The molecular formula is C15H17F3N4O3S. The summed E-state index contributed by atoms with van der Waals surface area (Å²) >= 11 is 0. The summed E-state index contributed by atoms with van der Waals surface area (Å²) in [4.78, 5) is 15.1. The van der Waals surface area contributed by atoms with E-state index in [0.29, 0.717) is 6.42 Å². The summed E-state index contributed by atoms with van der Waals surface area (Å²) in [5, 5.41) is 2.25. The maximum absolute atomic E-state index is 14.5. The van der Waals surface area contributed by atoms with Crippen molar-refractivity contribution in [3.63, 3.8) is 0 Å². The standard InChI is InChI=1S/C15H17F3N4O3S/c1-3-5-20-26(24,25)11-8-22(2)13(12(11)16)15(23)21-9-4-6-19-10(7-9)14(17)18/h4,6-8,14,20H,3,5H2,1-2H3,(H,19,21,23). The number of alkyl halides is 2. The molecule has 0 saturated heterocycles. The molecule has 142 valence electrons. The van der Waals surface area contributed by atoms with Crippen LogP contribution in [-0.4, -0.2) is 30.4 Å². The van der Waals surface area contributed by atoms with Crippen molar-refractivity contribution in [3.05, 3.63) is 41.7 Å². The van der Waals surface area contributed by atoms with E-state index in [2.05, 4.69) is 15.0 Å². The first-order valence-electron chi connectivity index (χ1n) is 7.57. The van der Waals surface area contributed by atoms with Crippen LogP contribution in [0.25, 0.3) is 0 Å². The van der Waals surface area contributed by atoms with Gasteiger partial charge in [0.2, 0.25) is 10.0 Å². The zero-order chi connectivity index (χ0) is 19.5. The van der Waals surface area contributed by atoms with Crippen LogP contribution in [0.5, 0.6) is 0 Å². The largest absolute Gasteiger partial charge is 0.343 e. The SMILES string of the molecule is CCCNS(=O)(=O)c1cn(C)c(C(=O)Nc2ccnc(C(F)F)c2)c1F. The van der Waals surface area contributed by atoms with Gasteiger partial charge in [-0.05, 0) is 18.6 Å². The first-order chi connectivity index (χ1) is 12.2. The maximum Gasteiger partial charge on any atom is 0.280 e. The lowest BCUT2D eigenvalue weighted by Gasteiger charge is -2.07. The molecule has 0 aliphatic rings. The van der Waals surface area contributed by atoms with E-state index in [0.717, 1.165) is 23.0 Å². The van der Waals surface area contributed by atoms with Crippen LogP contribution in [0.2, 0.25) is 0 Å². The third-order valence-electron chi connectivity index (χ3n) is 3.40. The van der Waals surface area contributed by atoms with E-state index in [-0.39, 0.29) is 12.2 Å². The molecule has 0 aliphatic carbocycles. The normalized spacial score (nSPS) is 11.8. The number of amides is 1. The third-order valence-corrected chi connectivity index (χ3v) is 4.84. The number of hydrogen-bond acceptors (Lipinski definition) is 4. The van der Waals surface area contributed by atoms with Gasteiger partial charge in [-0.25, -0.2) is 26.3 Å². The highest BCUT2D eigenvalue weighted by Crippen LogP contribution is 2.23. The van der Waals surface area contributed by atoms with Crippen molar-refractivity contribution in [1.29, 1.82) is 0 Å². The second-order valence-corrected chi connectivity index (χ2v) is 7.12. The number of pyridine rings is 1. The van der Waals surface area contributed by atoms with E-state index >= 15 is 0 Å². The molecule has 7 nitrogen and oxygen atoms in total. The second kappa shape index (κ2) is 7.87. The van der Waals surface area contributed by atoms with Crippen LogP contribution in [0, 0.1) is 5.82 Å². The Balaban J connectivity index is 2.32. The quantitative estimate of drug-likeness (QED) is 0.759. The minimum Gasteiger partial charge on any atom is -0.343 e. The number of carbonyl (C=O) groups is 1. The van der Waals surface area contributed by atoms with Crippen molar-refractivity contribution in [2.45, 2.75) is 24.7 Å². The highest BCUT2D eigenvalue weighted by atomic mass is 32.2. The van der Waals surface area contributed by atoms with Gasteiger partial charge in [0.05, 0.1) is 0 Å². The van der Waals surface area contributed by atoms with Crippen molar-refractivity contribution < 1.29 is 26.4 Å². The molecule has 2 heterocycles. The van der Waals surface area contributed by atoms with Crippen LogP contribution in [0.15, 0.2) is 29.4 Å². The fourth-order valence-electron chi connectivity index (χ4n) is 2.17. The average Bonchev–Trinajstić information content (AvgIpc) is 2.88. The summed E-state index contributed by atoms with van der Waals surface area (Å²) in [7, 11) is -2.81. The Morgan fingerprint density at radius 1 is 1.38 bits per heavy atom. The molecule has 0 radical (unpaired) electrons. The molecule has 0 spiro atoms. The lowest BCUT2D eigenvalue weighted by atomic mass is 10.3. The van der Waals surface area contributed by atoms with Gasteiger partial charge in [0.1, 0.15) is 16.3 Å². The first kappa shape index (κ1) is 19.9. The molecule has 2 aromatic heterocycles. The molecule has 0 aliphatic heterocycles. The Morgan fingerprint density at radius 3 is 2.69 bits per heavy atom. The molecule has 0 bridgehead atoms. The fourth-order valence-corrected chi connectivity index (χ4v) is 3.42. The van der Waals surface area contributed by atoms with Crippen molar-refractivity contribution in [2.75, 3.05) is 11.9 Å². The number of aryl methyl sites for hydroxylation is 1. The van der Waals surface area contributed by atoms with Gasteiger partial charge in [0, 0.05) is 31.7 Å². The molecule has 0 fully saturated rings. The topological polar surface area (TPSA) is 93.1 Å². The Morgan fingerprint density at radius 2 is 2.08 bits per heavy atom. The van der Waals surface area contributed by atoms with Gasteiger partial charge in [-0.3, -0.25) is 9.78 Å². The number of aromatic nitrogens is 2. The van der Waals surface area contributed by atoms with Crippen molar-refractivity contribution in [2.24, 2.45) is 7.05 Å². The minimum atomic E-state index is -4.11. The zero-order valence-corrected chi connectivity index (χ0v) is 14.8. The molecule has 2 N–H and O–H groups in total. The van der Waals surface area contributed by atoms with Gasteiger partial charge < -0.3 is 9.88 Å². The lowest BCUT2D eigenvalue weighted by molar-refractivity contribution is 0.101. The van der Waals surface area contributed by atoms with Gasteiger partial charge in [-0.1, -0.05) is 6.92 Å². The summed E-state index contributed by atoms with van der Waals surface area (Å²) in [5.74, 6) is -2.20. The highest BCUT2D eigenvalue weighted by Gasteiger charge is 2.28. The summed E-state index contributed by atoms with van der Waals surface area (Å²) < 4.78 is 67.3. The average molecular weight is 390 g/mol. The predicted octanol–water partition coefficient (Wildman–Crippen LogP) is 2.44. The van der Waals surface area contributed by atoms with Crippen LogP contribution >= 0.6 is 0 Å². The first-order valence-corrected chi connectivity index (χ1v) is 9.05. The number of nitrogens with zero attached hydrogens (tertiary/aromatic N) is 2. The van der Waals surface area contributed by atoms with Gasteiger partial charge in [-0.15, -0.1) is 0 Å². The molecular weight excluding hydrogens is 373 g/mol. The summed E-state index contributed by atoms with van der Waals surface area (Å²) in [6, 6.07) is 2.20. The minimum absolute atomic E-state index is 0.0191. The number of rotatable bonds is 7. The number of sulfonamides is 1. The molecule has 11 heteroatoms. The molecule has 0 saturated carbocycles. The van der Waals surface area contributed by atoms with E-state index < -0.39 is 44.5 Å². The molecule has 0 atom stereocenters. The second-order valence-electron chi connectivity index (χ2n) is 5.39. The fraction of sp³-hybridized carbons (Fsp3) is 0.333. The molecule has 2 rings (SSSR count). The van der Waals surface area contributed by atoms with Crippen LogP contribution in [0.1, 0.15) is 36.0 Å². The molecule has 2 aromatic rings. The number of hydrogen-bond donors (Lipinski definition) is 2. The lowest BCUT2D eigenvalue weighted by Crippen LogP contribution is -2.25. The van der Waals surface area contributed by atoms with E-state index in [9.17, 15) is 26.4 Å². The van der Waals surface area contributed by atoms with E-state index in [1.54, 1.807) is 6.92 Å². The number of carbonyl (C=O) groups excluding carboxylic acids is 1. The number of nitrogens with one attached hydrogen (secondary N) is 2. The van der Waals surface area contributed by atoms with Crippen LogP contribution < -0.4 is 10.0 Å². The summed E-state index contributed by atoms with van der Waals surface area (Å²) in [6.45, 7) is 1.86. The Bertz CT molecular complexity index is 913. The van der Waals surface area contributed by atoms with Crippen molar-refractivity contribution >= 4 is 21.6 Å². The van der Waals surface area contributed by atoms with Crippen molar-refractivity contribution in [1.82, 2.24) is 14.3 Å². The Kier molecular flexibility index (Phi) is 6.03. The van der Waals surface area contributed by atoms with Crippen LogP contribution in [0.4, 0.5) is 18.9 Å². The smallest absolute Gasteiger partial charge is 0.280 e. The molecule has 1 amide bonds. The predicted molar refractivity (Wildman–Crippen MR) is 88.0 cm³/mol. The van der Waals surface area contributed by atoms with Gasteiger partial charge >= 0.3 is 0 Å². The Labute approximate surface area is 148 Å². The zero-order valence-electron chi connectivity index (χ0n) is 14.0. The summed E-state index contributed by atoms with van der Waals surface area (Å²) in [5.41, 5.74) is -1.12. The van der Waals surface area contributed by atoms with E-state index in [4.69, 9.17) is 0 Å². The molecule has 0 unspecified atom stereocenters. The highest BCUT2D eigenvalue weighted by molar-refractivity contribution is 7.89.